The first-order chi connectivity index (χ1) is 7.81. The molecule has 0 fully saturated rings. The Morgan fingerprint density at radius 1 is 0.562 bits per heavy atom. The van der Waals surface area contributed by atoms with E-state index in [0.29, 0.717) is 6.04 Å². The van der Waals surface area contributed by atoms with Crippen LogP contribution in [0.15, 0.2) is 0 Å². The maximum Gasteiger partial charge on any atom is 0.00392 e. The molecule has 0 rings (SSSR count). The largest absolute Gasteiger partial charge is 0.330 e. The molecule has 16 heavy (non-hydrogen) atoms. The molecule has 1 atom stereocenters. The minimum Gasteiger partial charge on any atom is -0.330 e. The Balaban J connectivity index is 3.02. The van der Waals surface area contributed by atoms with Gasteiger partial charge in [0.15, 0.2) is 0 Å². The van der Waals surface area contributed by atoms with Gasteiger partial charge in [0.05, 0.1) is 0 Å². The summed E-state index contributed by atoms with van der Waals surface area (Å²) >= 11 is 0. The van der Waals surface area contributed by atoms with Crippen LogP contribution < -0.4 is 17.2 Å². The van der Waals surface area contributed by atoms with E-state index in [1.54, 1.807) is 0 Å². The molecule has 3 nitrogen and oxygen atoms in total. The van der Waals surface area contributed by atoms with E-state index in [-0.39, 0.29) is 0 Å². The summed E-state index contributed by atoms with van der Waals surface area (Å²) in [5, 5.41) is 0. The van der Waals surface area contributed by atoms with Crippen LogP contribution in [0.2, 0.25) is 0 Å². The monoisotopic (exact) mass is 229 g/mol. The fourth-order valence-corrected chi connectivity index (χ4v) is 1.96. The van der Waals surface area contributed by atoms with Gasteiger partial charge in [-0.25, -0.2) is 0 Å². The van der Waals surface area contributed by atoms with Gasteiger partial charge < -0.3 is 17.2 Å². The Kier molecular flexibility index (Phi) is 12.9. The van der Waals surface area contributed by atoms with Crippen LogP contribution >= 0.6 is 0 Å². The first-order valence-corrected chi connectivity index (χ1v) is 6.97. The van der Waals surface area contributed by atoms with Gasteiger partial charge in [0.2, 0.25) is 0 Å². The average Bonchev–Trinajstić information content (AvgIpc) is 2.30. The van der Waals surface area contributed by atoms with Crippen molar-refractivity contribution >= 4 is 0 Å². The molecule has 0 heterocycles. The molecule has 0 bridgehead atoms. The van der Waals surface area contributed by atoms with E-state index >= 15 is 0 Å². The summed E-state index contributed by atoms with van der Waals surface area (Å²) in [6.07, 6.45) is 12.5. The lowest BCUT2D eigenvalue weighted by Gasteiger charge is -2.10. The van der Waals surface area contributed by atoms with Crippen molar-refractivity contribution in [3.05, 3.63) is 0 Å². The lowest BCUT2D eigenvalue weighted by Crippen LogP contribution is -2.20. The summed E-state index contributed by atoms with van der Waals surface area (Å²) in [6, 6.07) is 0.376. The van der Waals surface area contributed by atoms with Gasteiger partial charge in [-0.05, 0) is 38.8 Å². The van der Waals surface area contributed by atoms with Gasteiger partial charge in [-0.3, -0.25) is 0 Å². The highest BCUT2D eigenvalue weighted by molar-refractivity contribution is 4.61. The molecule has 0 saturated carbocycles. The quantitative estimate of drug-likeness (QED) is 0.449. The summed E-state index contributed by atoms with van der Waals surface area (Å²) in [4.78, 5) is 0. The number of hydrogen-bond acceptors (Lipinski definition) is 3. The Morgan fingerprint density at radius 2 is 1.00 bits per heavy atom. The van der Waals surface area contributed by atoms with Gasteiger partial charge in [0, 0.05) is 6.04 Å². The van der Waals surface area contributed by atoms with E-state index in [1.165, 1.54) is 51.4 Å². The van der Waals surface area contributed by atoms with Crippen LogP contribution in [0.25, 0.3) is 0 Å². The van der Waals surface area contributed by atoms with Crippen molar-refractivity contribution in [1.82, 2.24) is 0 Å². The SMILES string of the molecule is NCCCCCCCCCC(N)CCCN. The van der Waals surface area contributed by atoms with Crippen molar-refractivity contribution in [2.24, 2.45) is 17.2 Å². The molecular formula is C13H31N3. The zero-order valence-corrected chi connectivity index (χ0v) is 10.8. The number of nitrogens with two attached hydrogens (primary N) is 3. The second-order valence-corrected chi connectivity index (χ2v) is 4.74. The Bertz CT molecular complexity index is 128. The number of hydrogen-bond donors (Lipinski definition) is 3. The van der Waals surface area contributed by atoms with Crippen LogP contribution in [0.3, 0.4) is 0 Å². The average molecular weight is 229 g/mol. The maximum atomic E-state index is 5.97. The van der Waals surface area contributed by atoms with Crippen molar-refractivity contribution in [3.63, 3.8) is 0 Å². The molecule has 98 valence electrons. The van der Waals surface area contributed by atoms with E-state index in [4.69, 9.17) is 17.2 Å². The summed E-state index contributed by atoms with van der Waals surface area (Å²) in [5.41, 5.74) is 16.9. The van der Waals surface area contributed by atoms with Crippen LogP contribution in [0.1, 0.15) is 64.2 Å². The highest BCUT2D eigenvalue weighted by Crippen LogP contribution is 2.10. The molecule has 0 saturated heterocycles. The lowest BCUT2D eigenvalue weighted by atomic mass is 10.0. The van der Waals surface area contributed by atoms with Crippen molar-refractivity contribution in [2.45, 2.75) is 70.3 Å². The minimum atomic E-state index is 0.376. The highest BCUT2D eigenvalue weighted by Gasteiger charge is 2.01. The summed E-state index contributed by atoms with van der Waals surface area (Å²) < 4.78 is 0. The topological polar surface area (TPSA) is 78.1 Å². The highest BCUT2D eigenvalue weighted by atomic mass is 14.6. The molecule has 0 amide bonds. The van der Waals surface area contributed by atoms with Crippen LogP contribution in [0.5, 0.6) is 0 Å². The molecule has 0 spiro atoms. The molecule has 1 unspecified atom stereocenters. The van der Waals surface area contributed by atoms with Gasteiger partial charge in [0.25, 0.3) is 0 Å². The molecule has 0 aromatic carbocycles. The van der Waals surface area contributed by atoms with Crippen LogP contribution in [-0.2, 0) is 0 Å². The summed E-state index contributed by atoms with van der Waals surface area (Å²) in [7, 11) is 0. The number of unbranched alkanes of at least 4 members (excludes halogenated alkanes) is 6. The van der Waals surface area contributed by atoms with Crippen LogP contribution in [0.4, 0.5) is 0 Å². The summed E-state index contributed by atoms with van der Waals surface area (Å²) in [5.74, 6) is 0. The van der Waals surface area contributed by atoms with E-state index in [2.05, 4.69) is 0 Å². The zero-order chi connectivity index (χ0) is 12.1. The van der Waals surface area contributed by atoms with E-state index in [1.807, 2.05) is 0 Å². The van der Waals surface area contributed by atoms with Gasteiger partial charge in [0.1, 0.15) is 0 Å². The first kappa shape index (κ1) is 15.9. The van der Waals surface area contributed by atoms with E-state index in [9.17, 15) is 0 Å². The Hall–Kier alpha value is -0.120. The maximum absolute atomic E-state index is 5.97. The molecule has 0 aliphatic rings. The van der Waals surface area contributed by atoms with Crippen molar-refractivity contribution in [3.8, 4) is 0 Å². The zero-order valence-electron chi connectivity index (χ0n) is 10.8. The Labute approximate surface area is 101 Å². The molecule has 0 aromatic heterocycles. The number of rotatable bonds is 12. The molecule has 3 heteroatoms. The summed E-state index contributed by atoms with van der Waals surface area (Å²) in [6.45, 7) is 1.62. The molecule has 6 N–H and O–H groups in total. The van der Waals surface area contributed by atoms with Crippen LogP contribution in [-0.4, -0.2) is 19.1 Å². The Morgan fingerprint density at radius 3 is 1.56 bits per heavy atom. The minimum absolute atomic E-state index is 0.376. The normalized spacial score (nSPS) is 12.9. The van der Waals surface area contributed by atoms with Crippen LogP contribution in [0, 0.1) is 0 Å². The van der Waals surface area contributed by atoms with Crippen molar-refractivity contribution in [2.75, 3.05) is 13.1 Å². The van der Waals surface area contributed by atoms with Gasteiger partial charge in [-0.2, -0.15) is 0 Å². The fourth-order valence-electron chi connectivity index (χ4n) is 1.96. The third-order valence-electron chi connectivity index (χ3n) is 3.06. The first-order valence-electron chi connectivity index (χ1n) is 6.97. The smallest absolute Gasteiger partial charge is 0.00392 e. The van der Waals surface area contributed by atoms with Gasteiger partial charge in [-0.15, -0.1) is 0 Å². The second kappa shape index (κ2) is 12.9. The van der Waals surface area contributed by atoms with Gasteiger partial charge in [-0.1, -0.05) is 38.5 Å². The predicted octanol–water partition coefficient (Wildman–Crippen LogP) is 2.13. The molecule has 0 aliphatic heterocycles. The molecule has 0 aromatic rings. The standard InChI is InChI=1S/C13H31N3/c14-11-7-5-3-1-2-4-6-9-13(16)10-8-12-15/h13H,1-12,14-16H2. The molecular weight excluding hydrogens is 198 g/mol. The lowest BCUT2D eigenvalue weighted by molar-refractivity contribution is 0.500. The van der Waals surface area contributed by atoms with Gasteiger partial charge >= 0.3 is 0 Å². The van der Waals surface area contributed by atoms with E-state index in [0.717, 1.165) is 25.9 Å². The van der Waals surface area contributed by atoms with E-state index < -0.39 is 0 Å². The van der Waals surface area contributed by atoms with Crippen molar-refractivity contribution in [1.29, 1.82) is 0 Å². The third-order valence-corrected chi connectivity index (χ3v) is 3.06. The third kappa shape index (κ3) is 12.0. The molecule has 0 radical (unpaired) electrons. The van der Waals surface area contributed by atoms with Crippen molar-refractivity contribution < 1.29 is 0 Å². The molecule has 0 aliphatic carbocycles. The fraction of sp³-hybridized carbons (Fsp3) is 1.00. The second-order valence-electron chi connectivity index (χ2n) is 4.74. The predicted molar refractivity (Wildman–Crippen MR) is 72.3 cm³/mol.